The van der Waals surface area contributed by atoms with E-state index in [0.29, 0.717) is 16.1 Å². The highest BCUT2D eigenvalue weighted by Crippen LogP contribution is 2.17. The molecule has 0 aliphatic heterocycles. The number of aromatic amines is 1. The molecule has 2 N–H and O–H groups in total. The van der Waals surface area contributed by atoms with Gasteiger partial charge in [-0.3, -0.25) is 9.59 Å². The van der Waals surface area contributed by atoms with Gasteiger partial charge in [0.25, 0.3) is 11.5 Å². The van der Waals surface area contributed by atoms with E-state index in [1.807, 2.05) is 24.3 Å². The molecule has 0 aliphatic rings. The molecule has 0 spiro atoms. The smallest absolute Gasteiger partial charge is 0.254 e. The van der Waals surface area contributed by atoms with Gasteiger partial charge in [-0.2, -0.15) is 0 Å². The number of hydrogen-bond donors (Lipinski definition) is 2. The maximum Gasteiger partial charge on any atom is 0.254 e. The van der Waals surface area contributed by atoms with Crippen LogP contribution in [0, 0.1) is 0 Å². The summed E-state index contributed by atoms with van der Waals surface area (Å²) in [6.45, 7) is 2.10. The molecule has 0 fully saturated rings. The van der Waals surface area contributed by atoms with E-state index < -0.39 is 0 Å². The number of fused-ring (bicyclic) bond motifs is 1. The first-order valence-electron chi connectivity index (χ1n) is 8.82. The molecule has 140 valence electrons. The molecule has 0 saturated heterocycles. The number of aromatic nitrogens is 1. The summed E-state index contributed by atoms with van der Waals surface area (Å²) in [5.41, 5.74) is 2.58. The van der Waals surface area contributed by atoms with Crippen LogP contribution >= 0.6 is 11.6 Å². The van der Waals surface area contributed by atoms with Gasteiger partial charge < -0.3 is 15.0 Å². The van der Waals surface area contributed by atoms with Crippen molar-refractivity contribution in [2.24, 2.45) is 0 Å². The third-order valence-corrected chi connectivity index (χ3v) is 4.72. The van der Waals surface area contributed by atoms with Crippen molar-refractivity contribution in [1.29, 1.82) is 0 Å². The predicted molar refractivity (Wildman–Crippen MR) is 107 cm³/mol. The average Bonchev–Trinajstić information content (AvgIpc) is 2.67. The standard InChI is InChI=1S/C21H21ClN2O3/c1-2-14-6-7-19-16(10-14)11-17(20(26)23-19)13-24(8-9-25)21(27)15-4-3-5-18(22)12-15/h3-7,10-12,25H,2,8-9,13H2,1H3,(H,23,26). The molecule has 3 rings (SSSR count). The van der Waals surface area contributed by atoms with Crippen LogP contribution in [0.25, 0.3) is 10.9 Å². The van der Waals surface area contributed by atoms with Gasteiger partial charge in [-0.15, -0.1) is 0 Å². The second kappa shape index (κ2) is 8.37. The monoisotopic (exact) mass is 384 g/mol. The summed E-state index contributed by atoms with van der Waals surface area (Å²) < 4.78 is 0. The largest absolute Gasteiger partial charge is 0.395 e. The Kier molecular flexibility index (Phi) is 5.94. The SMILES string of the molecule is CCc1ccc2[nH]c(=O)c(CN(CCO)C(=O)c3cccc(Cl)c3)cc2c1. The lowest BCUT2D eigenvalue weighted by Gasteiger charge is -2.22. The Morgan fingerprint density at radius 1 is 1.19 bits per heavy atom. The second-order valence-corrected chi connectivity index (χ2v) is 6.80. The Bertz CT molecular complexity index is 1030. The van der Waals surface area contributed by atoms with Crippen molar-refractivity contribution in [2.45, 2.75) is 19.9 Å². The van der Waals surface area contributed by atoms with Gasteiger partial charge in [0.15, 0.2) is 0 Å². The van der Waals surface area contributed by atoms with Crippen LogP contribution in [0.3, 0.4) is 0 Å². The van der Waals surface area contributed by atoms with E-state index in [4.69, 9.17) is 11.6 Å². The number of aryl methyl sites for hydroxylation is 1. The van der Waals surface area contributed by atoms with Crippen LogP contribution in [0.15, 0.2) is 53.3 Å². The van der Waals surface area contributed by atoms with Gasteiger partial charge in [0, 0.05) is 28.2 Å². The number of rotatable bonds is 6. The fourth-order valence-electron chi connectivity index (χ4n) is 3.02. The molecule has 0 bridgehead atoms. The summed E-state index contributed by atoms with van der Waals surface area (Å²) in [7, 11) is 0. The van der Waals surface area contributed by atoms with Crippen LogP contribution in [0.4, 0.5) is 0 Å². The molecule has 1 heterocycles. The number of amides is 1. The molecule has 5 nitrogen and oxygen atoms in total. The summed E-state index contributed by atoms with van der Waals surface area (Å²) in [6.07, 6.45) is 0.897. The van der Waals surface area contributed by atoms with E-state index in [1.54, 1.807) is 24.3 Å². The molecule has 1 aromatic heterocycles. The summed E-state index contributed by atoms with van der Waals surface area (Å²) in [5, 5.41) is 10.7. The van der Waals surface area contributed by atoms with Gasteiger partial charge in [0.1, 0.15) is 0 Å². The van der Waals surface area contributed by atoms with Gasteiger partial charge in [0.05, 0.1) is 13.2 Å². The van der Waals surface area contributed by atoms with E-state index in [1.165, 1.54) is 10.5 Å². The Morgan fingerprint density at radius 2 is 2.00 bits per heavy atom. The normalized spacial score (nSPS) is 10.9. The molecule has 2 aromatic carbocycles. The number of aliphatic hydroxyl groups excluding tert-OH is 1. The Labute approximate surface area is 162 Å². The highest BCUT2D eigenvalue weighted by Gasteiger charge is 2.18. The molecule has 0 aliphatic carbocycles. The molecular formula is C21H21ClN2O3. The number of carbonyl (C=O) groups is 1. The first-order valence-corrected chi connectivity index (χ1v) is 9.20. The number of benzene rings is 2. The maximum absolute atomic E-state index is 12.8. The van der Waals surface area contributed by atoms with Crippen molar-refractivity contribution in [1.82, 2.24) is 9.88 Å². The molecule has 0 saturated carbocycles. The van der Waals surface area contributed by atoms with Crippen LogP contribution in [0.1, 0.15) is 28.4 Å². The number of H-pyrrole nitrogens is 1. The molecule has 0 atom stereocenters. The first kappa shape index (κ1) is 19.1. The molecule has 0 unspecified atom stereocenters. The summed E-state index contributed by atoms with van der Waals surface area (Å²) in [6, 6.07) is 14.3. The molecule has 0 radical (unpaired) electrons. The van der Waals surface area contributed by atoms with Crippen molar-refractivity contribution in [2.75, 3.05) is 13.2 Å². The van der Waals surface area contributed by atoms with Crippen LogP contribution < -0.4 is 5.56 Å². The van der Waals surface area contributed by atoms with Gasteiger partial charge in [-0.1, -0.05) is 30.7 Å². The van der Waals surface area contributed by atoms with E-state index in [2.05, 4.69) is 11.9 Å². The number of carbonyl (C=O) groups excluding carboxylic acids is 1. The lowest BCUT2D eigenvalue weighted by molar-refractivity contribution is 0.0707. The highest BCUT2D eigenvalue weighted by atomic mass is 35.5. The van der Waals surface area contributed by atoms with Crippen LogP contribution in [-0.2, 0) is 13.0 Å². The van der Waals surface area contributed by atoms with Crippen LogP contribution in [0.2, 0.25) is 5.02 Å². The number of halogens is 1. The van der Waals surface area contributed by atoms with E-state index in [0.717, 1.165) is 17.3 Å². The van der Waals surface area contributed by atoms with Crippen molar-refractivity contribution >= 4 is 28.4 Å². The number of aliphatic hydroxyl groups is 1. The first-order chi connectivity index (χ1) is 13.0. The molecule has 27 heavy (non-hydrogen) atoms. The summed E-state index contributed by atoms with van der Waals surface area (Å²) in [5.74, 6) is -0.284. The third kappa shape index (κ3) is 4.38. The van der Waals surface area contributed by atoms with Crippen LogP contribution in [-0.4, -0.2) is 34.0 Å². The lowest BCUT2D eigenvalue weighted by atomic mass is 10.1. The highest BCUT2D eigenvalue weighted by molar-refractivity contribution is 6.30. The van der Waals surface area contributed by atoms with E-state index in [-0.39, 0.29) is 31.2 Å². The Hall–Kier alpha value is -2.63. The molecule has 1 amide bonds. The number of nitrogens with one attached hydrogen (secondary N) is 1. The maximum atomic E-state index is 12.8. The minimum atomic E-state index is -0.284. The van der Waals surface area contributed by atoms with Gasteiger partial charge >= 0.3 is 0 Å². The fraction of sp³-hybridized carbons (Fsp3) is 0.238. The fourth-order valence-corrected chi connectivity index (χ4v) is 3.21. The van der Waals surface area contributed by atoms with Crippen molar-refractivity contribution < 1.29 is 9.90 Å². The average molecular weight is 385 g/mol. The molecule has 3 aromatic rings. The quantitative estimate of drug-likeness (QED) is 0.684. The summed E-state index contributed by atoms with van der Waals surface area (Å²) >= 11 is 5.97. The van der Waals surface area contributed by atoms with Crippen molar-refractivity contribution in [3.8, 4) is 0 Å². The zero-order chi connectivity index (χ0) is 19.4. The minimum absolute atomic E-state index is 0.105. The zero-order valence-electron chi connectivity index (χ0n) is 15.0. The molecule has 6 heteroatoms. The van der Waals surface area contributed by atoms with Gasteiger partial charge in [-0.05, 0) is 53.8 Å². The number of pyridine rings is 1. The van der Waals surface area contributed by atoms with E-state index in [9.17, 15) is 14.7 Å². The molecular weight excluding hydrogens is 364 g/mol. The van der Waals surface area contributed by atoms with Crippen LogP contribution in [0.5, 0.6) is 0 Å². The van der Waals surface area contributed by atoms with E-state index >= 15 is 0 Å². The Morgan fingerprint density at radius 3 is 2.70 bits per heavy atom. The van der Waals surface area contributed by atoms with Crippen molar-refractivity contribution in [3.05, 3.63) is 80.6 Å². The topological polar surface area (TPSA) is 73.4 Å². The number of hydrogen-bond acceptors (Lipinski definition) is 3. The second-order valence-electron chi connectivity index (χ2n) is 6.36. The van der Waals surface area contributed by atoms with Gasteiger partial charge in [-0.25, -0.2) is 0 Å². The minimum Gasteiger partial charge on any atom is -0.395 e. The number of nitrogens with zero attached hydrogens (tertiary/aromatic N) is 1. The zero-order valence-corrected chi connectivity index (χ0v) is 15.8. The van der Waals surface area contributed by atoms with Gasteiger partial charge in [0.2, 0.25) is 0 Å². The van der Waals surface area contributed by atoms with Crippen molar-refractivity contribution in [3.63, 3.8) is 0 Å². The predicted octanol–water partition coefficient (Wildman–Crippen LogP) is 3.38. The third-order valence-electron chi connectivity index (χ3n) is 4.48. The summed E-state index contributed by atoms with van der Waals surface area (Å²) in [4.78, 5) is 29.6. The lowest BCUT2D eigenvalue weighted by Crippen LogP contribution is -2.35. The Balaban J connectivity index is 1.95.